The number of carbonyl (C=O) groups excluding carboxylic acids is 2. The van der Waals surface area contributed by atoms with Gasteiger partial charge in [0.1, 0.15) is 0 Å². The van der Waals surface area contributed by atoms with E-state index in [1.165, 1.54) is 11.3 Å². The minimum atomic E-state index is -0.204. The lowest BCUT2D eigenvalue weighted by Gasteiger charge is -2.06. The fourth-order valence-corrected chi connectivity index (χ4v) is 2.61. The number of nitrogens with one attached hydrogen (secondary N) is 2. The molecule has 0 aliphatic carbocycles. The minimum Gasteiger partial charge on any atom is -0.397 e. The maximum Gasteiger partial charge on any atom is 0.265 e. The van der Waals surface area contributed by atoms with E-state index in [0.29, 0.717) is 22.8 Å². The fourth-order valence-electron chi connectivity index (χ4n) is 1.77. The number of hydrogen-bond acceptors (Lipinski definition) is 4. The predicted octanol–water partition coefficient (Wildman–Crippen LogP) is 2.85. The van der Waals surface area contributed by atoms with Gasteiger partial charge < -0.3 is 16.4 Å². The van der Waals surface area contributed by atoms with Crippen molar-refractivity contribution in [3.63, 3.8) is 0 Å². The summed E-state index contributed by atoms with van der Waals surface area (Å²) in [6, 6.07) is 10.7. The van der Waals surface area contributed by atoms with Gasteiger partial charge in [-0.3, -0.25) is 9.59 Å². The highest BCUT2D eigenvalue weighted by atomic mass is 32.1. The number of carbonyl (C=O) groups is 2. The first-order chi connectivity index (χ1) is 10.5. The molecule has 0 radical (unpaired) electrons. The summed E-state index contributed by atoms with van der Waals surface area (Å²) in [4.78, 5) is 25.2. The number of anilines is 2. The highest BCUT2D eigenvalue weighted by Crippen LogP contribution is 2.21. The quantitative estimate of drug-likeness (QED) is 0.741. The van der Waals surface area contributed by atoms with Crippen LogP contribution in [0.15, 0.2) is 36.4 Å². The van der Waals surface area contributed by atoms with Gasteiger partial charge in [0.2, 0.25) is 5.91 Å². The summed E-state index contributed by atoms with van der Waals surface area (Å²) < 4.78 is 0. The molecule has 4 N–H and O–H groups in total. The molecule has 2 rings (SSSR count). The smallest absolute Gasteiger partial charge is 0.265 e. The average Bonchev–Trinajstić information content (AvgIpc) is 2.96. The maximum absolute atomic E-state index is 12.2. The van der Waals surface area contributed by atoms with Gasteiger partial charge in [0.25, 0.3) is 5.91 Å². The second-order valence-corrected chi connectivity index (χ2v) is 6.35. The lowest BCUT2D eigenvalue weighted by molar-refractivity contribution is -0.124. The van der Waals surface area contributed by atoms with E-state index in [1.54, 1.807) is 18.2 Å². The molecule has 0 saturated heterocycles. The Morgan fingerprint density at radius 1 is 1.18 bits per heavy atom. The van der Waals surface area contributed by atoms with Crippen molar-refractivity contribution in [2.45, 2.75) is 20.4 Å². The Bertz CT molecular complexity index is 680. The van der Waals surface area contributed by atoms with E-state index >= 15 is 0 Å². The largest absolute Gasteiger partial charge is 0.397 e. The summed E-state index contributed by atoms with van der Waals surface area (Å²) in [6.07, 6.45) is 0. The van der Waals surface area contributed by atoms with Crippen LogP contribution in [0.2, 0.25) is 0 Å². The molecule has 5 nitrogen and oxygen atoms in total. The molecule has 0 aliphatic rings. The molecule has 22 heavy (non-hydrogen) atoms. The van der Waals surface area contributed by atoms with Crippen LogP contribution < -0.4 is 16.4 Å². The van der Waals surface area contributed by atoms with Crippen LogP contribution in [0.25, 0.3) is 0 Å². The second kappa shape index (κ2) is 7.09. The van der Waals surface area contributed by atoms with Crippen molar-refractivity contribution in [1.29, 1.82) is 0 Å². The van der Waals surface area contributed by atoms with Gasteiger partial charge in [-0.1, -0.05) is 26.0 Å². The van der Waals surface area contributed by atoms with E-state index in [9.17, 15) is 9.59 Å². The summed E-state index contributed by atoms with van der Waals surface area (Å²) in [5.74, 6) is -0.260. The summed E-state index contributed by atoms with van der Waals surface area (Å²) in [5, 5.41) is 5.61. The number of benzene rings is 1. The first-order valence-electron chi connectivity index (χ1n) is 6.99. The number of nitrogens with two attached hydrogens (primary N) is 1. The van der Waals surface area contributed by atoms with E-state index in [4.69, 9.17) is 5.73 Å². The highest BCUT2D eigenvalue weighted by molar-refractivity contribution is 7.14. The number of thiophene rings is 1. The first kappa shape index (κ1) is 16.0. The van der Waals surface area contributed by atoms with Crippen LogP contribution in [-0.4, -0.2) is 11.8 Å². The Hall–Kier alpha value is -2.34. The molecule has 1 aromatic carbocycles. The summed E-state index contributed by atoms with van der Waals surface area (Å²) in [6.45, 7) is 4.11. The van der Waals surface area contributed by atoms with Crippen molar-refractivity contribution in [1.82, 2.24) is 5.32 Å². The van der Waals surface area contributed by atoms with Gasteiger partial charge in [-0.05, 0) is 24.3 Å². The number of para-hydroxylation sites is 2. The zero-order valence-corrected chi connectivity index (χ0v) is 13.4. The van der Waals surface area contributed by atoms with Gasteiger partial charge in [-0.2, -0.15) is 0 Å². The molecule has 0 spiro atoms. The van der Waals surface area contributed by atoms with Gasteiger partial charge in [0.15, 0.2) is 0 Å². The molecule has 1 heterocycles. The van der Waals surface area contributed by atoms with Gasteiger partial charge in [0, 0.05) is 10.8 Å². The van der Waals surface area contributed by atoms with Crippen molar-refractivity contribution in [3.05, 3.63) is 46.2 Å². The van der Waals surface area contributed by atoms with Crippen molar-refractivity contribution in [3.8, 4) is 0 Å². The Morgan fingerprint density at radius 3 is 2.59 bits per heavy atom. The van der Waals surface area contributed by atoms with Crippen molar-refractivity contribution in [2.24, 2.45) is 5.92 Å². The van der Waals surface area contributed by atoms with Crippen LogP contribution in [0.3, 0.4) is 0 Å². The first-order valence-corrected chi connectivity index (χ1v) is 7.81. The van der Waals surface area contributed by atoms with E-state index in [2.05, 4.69) is 10.6 Å². The Balaban J connectivity index is 1.97. The molecule has 0 fully saturated rings. The summed E-state index contributed by atoms with van der Waals surface area (Å²) in [5.41, 5.74) is 6.92. The molecule has 2 aromatic rings. The van der Waals surface area contributed by atoms with Crippen LogP contribution in [0.5, 0.6) is 0 Å². The Labute approximate surface area is 133 Å². The predicted molar refractivity (Wildman–Crippen MR) is 89.8 cm³/mol. The van der Waals surface area contributed by atoms with Gasteiger partial charge in [0.05, 0.1) is 22.8 Å². The number of rotatable bonds is 5. The average molecular weight is 317 g/mol. The van der Waals surface area contributed by atoms with Crippen molar-refractivity contribution in [2.75, 3.05) is 11.1 Å². The van der Waals surface area contributed by atoms with Crippen LogP contribution in [0.1, 0.15) is 28.4 Å². The third-order valence-corrected chi connectivity index (χ3v) is 4.14. The number of hydrogen-bond donors (Lipinski definition) is 3. The van der Waals surface area contributed by atoms with Crippen LogP contribution in [0, 0.1) is 5.92 Å². The third kappa shape index (κ3) is 4.08. The van der Waals surface area contributed by atoms with Crippen LogP contribution in [-0.2, 0) is 11.3 Å². The van der Waals surface area contributed by atoms with Crippen LogP contribution >= 0.6 is 11.3 Å². The highest BCUT2D eigenvalue weighted by Gasteiger charge is 2.12. The molecule has 0 aliphatic heterocycles. The lowest BCUT2D eigenvalue weighted by Crippen LogP contribution is -2.26. The van der Waals surface area contributed by atoms with Gasteiger partial charge in [-0.25, -0.2) is 0 Å². The standard InChI is InChI=1S/C16H19N3O2S/c1-10(2)15(20)18-9-11-7-8-14(22-11)16(21)19-13-6-4-3-5-12(13)17/h3-8,10H,9,17H2,1-2H3,(H,18,20)(H,19,21). The molecule has 116 valence electrons. The molecule has 2 amide bonds. The number of nitrogen functional groups attached to an aromatic ring is 1. The van der Waals surface area contributed by atoms with Gasteiger partial charge >= 0.3 is 0 Å². The molecular weight excluding hydrogens is 298 g/mol. The van der Waals surface area contributed by atoms with Crippen molar-refractivity contribution < 1.29 is 9.59 Å². The molecule has 0 unspecified atom stereocenters. The van der Waals surface area contributed by atoms with Crippen molar-refractivity contribution >= 4 is 34.5 Å². The molecule has 0 bridgehead atoms. The van der Waals surface area contributed by atoms with E-state index in [-0.39, 0.29) is 17.7 Å². The third-order valence-electron chi connectivity index (χ3n) is 3.06. The topological polar surface area (TPSA) is 84.2 Å². The SMILES string of the molecule is CC(C)C(=O)NCc1ccc(C(=O)Nc2ccccc2N)s1. The van der Waals surface area contributed by atoms with E-state index < -0.39 is 0 Å². The summed E-state index contributed by atoms with van der Waals surface area (Å²) >= 11 is 1.35. The molecule has 0 saturated carbocycles. The van der Waals surface area contributed by atoms with Crippen LogP contribution in [0.4, 0.5) is 11.4 Å². The Kier molecular flexibility index (Phi) is 5.16. The monoisotopic (exact) mass is 317 g/mol. The normalized spacial score (nSPS) is 10.5. The van der Waals surface area contributed by atoms with Gasteiger partial charge in [-0.15, -0.1) is 11.3 Å². The maximum atomic E-state index is 12.2. The number of amides is 2. The zero-order valence-electron chi connectivity index (χ0n) is 12.6. The molecular formula is C16H19N3O2S. The molecule has 1 aromatic heterocycles. The minimum absolute atomic E-state index is 0.00328. The molecule has 0 atom stereocenters. The second-order valence-electron chi connectivity index (χ2n) is 5.18. The zero-order chi connectivity index (χ0) is 16.1. The fraction of sp³-hybridized carbons (Fsp3) is 0.250. The van der Waals surface area contributed by atoms with E-state index in [0.717, 1.165) is 4.88 Å². The van der Waals surface area contributed by atoms with E-state index in [1.807, 2.05) is 32.0 Å². The molecule has 6 heteroatoms. The summed E-state index contributed by atoms with van der Waals surface area (Å²) in [7, 11) is 0. The Morgan fingerprint density at radius 2 is 1.91 bits per heavy atom. The lowest BCUT2D eigenvalue weighted by atomic mass is 10.2.